The number of nitrogens with one attached hydrogen (secondary N) is 1. The predicted octanol–water partition coefficient (Wildman–Crippen LogP) is 2.18. The third kappa shape index (κ3) is 2.36. The highest BCUT2D eigenvalue weighted by Crippen LogP contribution is 2.30. The van der Waals surface area contributed by atoms with Gasteiger partial charge in [-0.25, -0.2) is 0 Å². The molecule has 0 spiro atoms. The summed E-state index contributed by atoms with van der Waals surface area (Å²) in [7, 11) is 0. The second-order valence-electron chi connectivity index (χ2n) is 4.54. The lowest BCUT2D eigenvalue weighted by Gasteiger charge is -2.25. The maximum Gasteiger partial charge on any atom is 0.121 e. The molecule has 0 saturated carbocycles. The second-order valence-corrected chi connectivity index (χ2v) is 4.54. The molecule has 2 N–H and O–H groups in total. The molecule has 0 bridgehead atoms. The van der Waals surface area contributed by atoms with Crippen molar-refractivity contribution in [3.8, 4) is 5.75 Å². The number of morpholine rings is 1. The highest BCUT2D eigenvalue weighted by Gasteiger charge is 2.19. The number of aromatic hydroxyl groups is 1. The Labute approximate surface area is 96.4 Å². The van der Waals surface area contributed by atoms with E-state index in [-0.39, 0.29) is 6.10 Å². The van der Waals surface area contributed by atoms with Gasteiger partial charge >= 0.3 is 0 Å². The molecule has 1 aromatic rings. The van der Waals surface area contributed by atoms with Crippen LogP contribution >= 0.6 is 0 Å². The van der Waals surface area contributed by atoms with Gasteiger partial charge in [-0.1, -0.05) is 19.9 Å². The Morgan fingerprint density at radius 1 is 1.44 bits per heavy atom. The summed E-state index contributed by atoms with van der Waals surface area (Å²) in [6, 6.07) is 5.79. The summed E-state index contributed by atoms with van der Waals surface area (Å²) >= 11 is 0. The molecule has 0 aromatic heterocycles. The third-order valence-corrected chi connectivity index (χ3v) is 2.99. The maximum absolute atomic E-state index is 9.86. The highest BCUT2D eigenvalue weighted by atomic mass is 16.5. The lowest BCUT2D eigenvalue weighted by molar-refractivity contribution is 0.0262. The minimum absolute atomic E-state index is 0.0209. The van der Waals surface area contributed by atoms with Crippen molar-refractivity contribution in [3.63, 3.8) is 0 Å². The van der Waals surface area contributed by atoms with Crippen molar-refractivity contribution < 1.29 is 9.84 Å². The molecule has 16 heavy (non-hydrogen) atoms. The van der Waals surface area contributed by atoms with Crippen LogP contribution in [0.1, 0.15) is 37.0 Å². The van der Waals surface area contributed by atoms with Gasteiger partial charge in [-0.15, -0.1) is 0 Å². The Hall–Kier alpha value is -1.06. The van der Waals surface area contributed by atoms with Crippen molar-refractivity contribution in [2.75, 3.05) is 19.7 Å². The second kappa shape index (κ2) is 4.85. The zero-order valence-corrected chi connectivity index (χ0v) is 9.86. The Morgan fingerprint density at radius 3 is 2.88 bits per heavy atom. The number of phenolic OH excluding ortho intramolecular Hbond substituents is 1. The molecule has 1 heterocycles. The molecule has 3 heteroatoms. The molecule has 1 aromatic carbocycles. The van der Waals surface area contributed by atoms with Crippen molar-refractivity contribution in [3.05, 3.63) is 29.3 Å². The van der Waals surface area contributed by atoms with Gasteiger partial charge in [-0.05, 0) is 23.6 Å². The lowest BCUT2D eigenvalue weighted by Crippen LogP contribution is -2.33. The highest BCUT2D eigenvalue weighted by molar-refractivity contribution is 5.39. The van der Waals surface area contributed by atoms with Crippen molar-refractivity contribution in [1.82, 2.24) is 5.32 Å². The van der Waals surface area contributed by atoms with Crippen LogP contribution < -0.4 is 5.32 Å². The van der Waals surface area contributed by atoms with Gasteiger partial charge in [0.1, 0.15) is 5.75 Å². The summed E-state index contributed by atoms with van der Waals surface area (Å²) in [4.78, 5) is 0. The molecule has 1 aliphatic rings. The molecular weight excluding hydrogens is 202 g/mol. The molecule has 1 aliphatic heterocycles. The van der Waals surface area contributed by atoms with E-state index in [4.69, 9.17) is 4.74 Å². The molecule has 1 unspecified atom stereocenters. The van der Waals surface area contributed by atoms with E-state index in [1.807, 2.05) is 6.07 Å². The molecule has 1 atom stereocenters. The average molecular weight is 221 g/mol. The number of hydrogen-bond acceptors (Lipinski definition) is 3. The fraction of sp³-hybridized carbons (Fsp3) is 0.538. The number of ether oxygens (including phenoxy) is 1. The number of benzene rings is 1. The molecule has 3 nitrogen and oxygen atoms in total. The molecule has 0 amide bonds. The van der Waals surface area contributed by atoms with Crippen LogP contribution in [-0.4, -0.2) is 24.8 Å². The molecule has 88 valence electrons. The summed E-state index contributed by atoms with van der Waals surface area (Å²) < 4.78 is 5.66. The first-order chi connectivity index (χ1) is 7.68. The predicted molar refractivity (Wildman–Crippen MR) is 63.8 cm³/mol. The zero-order valence-electron chi connectivity index (χ0n) is 9.86. The quantitative estimate of drug-likeness (QED) is 0.804. The third-order valence-electron chi connectivity index (χ3n) is 2.99. The van der Waals surface area contributed by atoms with E-state index < -0.39 is 0 Å². The van der Waals surface area contributed by atoms with E-state index >= 15 is 0 Å². The Kier molecular flexibility index (Phi) is 3.46. The topological polar surface area (TPSA) is 41.5 Å². The molecule has 2 rings (SSSR count). The number of phenols is 1. The van der Waals surface area contributed by atoms with Gasteiger partial charge in [-0.2, -0.15) is 0 Å². The standard InChI is InChI=1S/C13H19NO2/c1-9(2)10-3-4-12(15)11(7-10)13-8-14-5-6-16-13/h3-4,7,9,13-15H,5-6,8H2,1-2H3. The summed E-state index contributed by atoms with van der Waals surface area (Å²) in [6.45, 7) is 6.67. The molecule has 0 aliphatic carbocycles. The first-order valence-corrected chi connectivity index (χ1v) is 5.83. The van der Waals surface area contributed by atoms with Gasteiger partial charge in [0, 0.05) is 18.7 Å². The van der Waals surface area contributed by atoms with Crippen molar-refractivity contribution >= 4 is 0 Å². The van der Waals surface area contributed by atoms with Crippen LogP contribution in [-0.2, 0) is 4.74 Å². The van der Waals surface area contributed by atoms with Gasteiger partial charge in [-0.3, -0.25) is 0 Å². The zero-order chi connectivity index (χ0) is 11.5. The smallest absolute Gasteiger partial charge is 0.121 e. The Balaban J connectivity index is 2.27. The minimum Gasteiger partial charge on any atom is -0.508 e. The average Bonchev–Trinajstić information content (AvgIpc) is 2.30. The van der Waals surface area contributed by atoms with E-state index in [0.29, 0.717) is 18.3 Å². The molecular formula is C13H19NO2. The van der Waals surface area contributed by atoms with Crippen LogP contribution in [0, 0.1) is 0 Å². The first-order valence-electron chi connectivity index (χ1n) is 5.83. The van der Waals surface area contributed by atoms with Crippen LogP contribution in [0.4, 0.5) is 0 Å². The fourth-order valence-corrected chi connectivity index (χ4v) is 1.96. The van der Waals surface area contributed by atoms with Crippen LogP contribution in [0.5, 0.6) is 5.75 Å². The van der Waals surface area contributed by atoms with E-state index in [2.05, 4.69) is 25.2 Å². The summed E-state index contributed by atoms with van der Waals surface area (Å²) in [5, 5.41) is 13.1. The van der Waals surface area contributed by atoms with Crippen LogP contribution in [0.15, 0.2) is 18.2 Å². The van der Waals surface area contributed by atoms with E-state index in [1.54, 1.807) is 6.07 Å². The van der Waals surface area contributed by atoms with Gasteiger partial charge in [0.05, 0.1) is 12.7 Å². The molecule has 1 saturated heterocycles. The maximum atomic E-state index is 9.86. The minimum atomic E-state index is -0.0209. The summed E-state index contributed by atoms with van der Waals surface area (Å²) in [5.41, 5.74) is 2.14. The Bertz CT molecular complexity index is 357. The molecule has 1 fully saturated rings. The van der Waals surface area contributed by atoms with Gasteiger partial charge in [0.2, 0.25) is 0 Å². The van der Waals surface area contributed by atoms with E-state index in [9.17, 15) is 5.11 Å². The van der Waals surface area contributed by atoms with E-state index in [1.165, 1.54) is 5.56 Å². The number of hydrogen-bond donors (Lipinski definition) is 2. The SMILES string of the molecule is CC(C)c1ccc(O)c(C2CNCCO2)c1. The van der Waals surface area contributed by atoms with E-state index in [0.717, 1.165) is 18.7 Å². The van der Waals surface area contributed by atoms with Crippen LogP contribution in [0.3, 0.4) is 0 Å². The van der Waals surface area contributed by atoms with Crippen LogP contribution in [0.2, 0.25) is 0 Å². The van der Waals surface area contributed by atoms with Crippen molar-refractivity contribution in [2.45, 2.75) is 25.9 Å². The summed E-state index contributed by atoms with van der Waals surface area (Å²) in [6.07, 6.45) is -0.0209. The van der Waals surface area contributed by atoms with Gasteiger partial charge in [0.15, 0.2) is 0 Å². The van der Waals surface area contributed by atoms with Crippen molar-refractivity contribution in [1.29, 1.82) is 0 Å². The van der Waals surface area contributed by atoms with Crippen molar-refractivity contribution in [2.24, 2.45) is 0 Å². The lowest BCUT2D eigenvalue weighted by atomic mass is 9.97. The Morgan fingerprint density at radius 2 is 2.25 bits per heavy atom. The molecule has 0 radical (unpaired) electrons. The van der Waals surface area contributed by atoms with Gasteiger partial charge in [0.25, 0.3) is 0 Å². The first kappa shape index (κ1) is 11.4. The largest absolute Gasteiger partial charge is 0.508 e. The summed E-state index contributed by atoms with van der Waals surface area (Å²) in [5.74, 6) is 0.800. The normalized spacial score (nSPS) is 21.3. The monoisotopic (exact) mass is 221 g/mol. The fourth-order valence-electron chi connectivity index (χ4n) is 1.96. The van der Waals surface area contributed by atoms with Gasteiger partial charge < -0.3 is 15.2 Å². The van der Waals surface area contributed by atoms with Crippen LogP contribution in [0.25, 0.3) is 0 Å². The number of rotatable bonds is 2.